The molecule has 0 fully saturated rings. The normalized spacial score (nSPS) is 10.8. The van der Waals surface area contributed by atoms with E-state index in [0.29, 0.717) is 13.2 Å². The van der Waals surface area contributed by atoms with Crippen molar-refractivity contribution < 1.29 is 9.47 Å². The van der Waals surface area contributed by atoms with Crippen LogP contribution < -0.4 is 9.47 Å². The van der Waals surface area contributed by atoms with Crippen LogP contribution in [0, 0.1) is 0 Å². The van der Waals surface area contributed by atoms with Gasteiger partial charge >= 0.3 is 0 Å². The highest BCUT2D eigenvalue weighted by atomic mass is 16.5. The second-order valence-electron chi connectivity index (χ2n) is 4.82. The Labute approximate surface area is 124 Å². The lowest BCUT2D eigenvalue weighted by molar-refractivity contribution is 0.340. The molecule has 0 aliphatic carbocycles. The fraction of sp³-hybridized carbons (Fsp3) is 0.222. The van der Waals surface area contributed by atoms with Crippen molar-refractivity contribution in [1.82, 2.24) is 4.98 Å². The van der Waals surface area contributed by atoms with E-state index >= 15 is 0 Å². The summed E-state index contributed by atoms with van der Waals surface area (Å²) in [5.41, 5.74) is 3.36. The largest absolute Gasteiger partial charge is 0.494 e. The van der Waals surface area contributed by atoms with Crippen LogP contribution in [0.4, 0.5) is 0 Å². The molecule has 3 heteroatoms. The summed E-state index contributed by atoms with van der Waals surface area (Å²) in [5.74, 6) is 1.80. The molecule has 0 saturated heterocycles. The minimum atomic E-state index is 0.682. The molecule has 0 amide bonds. The van der Waals surface area contributed by atoms with Gasteiger partial charge in [-0.3, -0.25) is 0 Å². The molecule has 0 spiro atoms. The van der Waals surface area contributed by atoms with Gasteiger partial charge in [0, 0.05) is 16.6 Å². The molecule has 1 N–H and O–H groups in total. The van der Waals surface area contributed by atoms with Crippen LogP contribution in [0.15, 0.2) is 48.5 Å². The number of aromatic amines is 1. The third-order valence-electron chi connectivity index (χ3n) is 3.38. The average Bonchev–Trinajstić information content (AvgIpc) is 2.92. The maximum absolute atomic E-state index is 5.54. The molecule has 1 aromatic heterocycles. The minimum absolute atomic E-state index is 0.682. The molecule has 0 aliphatic rings. The maximum atomic E-state index is 5.54. The summed E-state index contributed by atoms with van der Waals surface area (Å²) in [4.78, 5) is 3.44. The Balaban J connectivity index is 1.92. The first-order chi connectivity index (χ1) is 10.3. The SMILES string of the molecule is CCOc1ccc(-c2cc3cc(OCC)ccc3[nH]2)cc1. The Morgan fingerprint density at radius 1 is 0.810 bits per heavy atom. The van der Waals surface area contributed by atoms with E-state index in [0.717, 1.165) is 33.7 Å². The molecule has 3 nitrogen and oxygen atoms in total. The molecule has 0 radical (unpaired) electrons. The van der Waals surface area contributed by atoms with Gasteiger partial charge in [-0.25, -0.2) is 0 Å². The molecule has 0 aliphatic heterocycles. The number of rotatable bonds is 5. The second-order valence-corrected chi connectivity index (χ2v) is 4.82. The van der Waals surface area contributed by atoms with Gasteiger partial charge < -0.3 is 14.5 Å². The number of ether oxygens (including phenoxy) is 2. The summed E-state index contributed by atoms with van der Waals surface area (Å²) in [6, 6.07) is 16.4. The van der Waals surface area contributed by atoms with E-state index in [2.05, 4.69) is 35.3 Å². The maximum Gasteiger partial charge on any atom is 0.120 e. The zero-order chi connectivity index (χ0) is 14.7. The van der Waals surface area contributed by atoms with E-state index in [1.165, 1.54) is 0 Å². The average molecular weight is 281 g/mol. The van der Waals surface area contributed by atoms with Gasteiger partial charge in [0.2, 0.25) is 0 Å². The van der Waals surface area contributed by atoms with Crippen LogP contribution in [-0.4, -0.2) is 18.2 Å². The monoisotopic (exact) mass is 281 g/mol. The van der Waals surface area contributed by atoms with Gasteiger partial charge in [0.25, 0.3) is 0 Å². The van der Waals surface area contributed by atoms with Crippen molar-refractivity contribution in [2.45, 2.75) is 13.8 Å². The summed E-state index contributed by atoms with van der Waals surface area (Å²) in [7, 11) is 0. The molecule has 0 saturated carbocycles. The molecule has 0 unspecified atom stereocenters. The number of hydrogen-bond donors (Lipinski definition) is 1. The zero-order valence-electron chi connectivity index (χ0n) is 12.3. The van der Waals surface area contributed by atoms with Crippen LogP contribution in [0.5, 0.6) is 11.5 Å². The van der Waals surface area contributed by atoms with Crippen LogP contribution in [0.25, 0.3) is 22.2 Å². The zero-order valence-corrected chi connectivity index (χ0v) is 12.3. The van der Waals surface area contributed by atoms with Crippen molar-refractivity contribution in [3.63, 3.8) is 0 Å². The van der Waals surface area contributed by atoms with Crippen molar-refractivity contribution in [1.29, 1.82) is 0 Å². The smallest absolute Gasteiger partial charge is 0.120 e. The molecule has 21 heavy (non-hydrogen) atoms. The molecule has 1 heterocycles. The Morgan fingerprint density at radius 3 is 2.19 bits per heavy atom. The van der Waals surface area contributed by atoms with Crippen LogP contribution in [0.2, 0.25) is 0 Å². The van der Waals surface area contributed by atoms with Gasteiger partial charge in [-0.2, -0.15) is 0 Å². The standard InChI is InChI=1S/C18H19NO2/c1-3-20-15-7-5-13(6-8-15)18-12-14-11-16(21-4-2)9-10-17(14)19-18/h5-12,19H,3-4H2,1-2H3. The molecular formula is C18H19NO2. The first-order valence-corrected chi connectivity index (χ1v) is 7.29. The minimum Gasteiger partial charge on any atom is -0.494 e. The molecule has 108 valence electrons. The number of H-pyrrole nitrogens is 1. The first-order valence-electron chi connectivity index (χ1n) is 7.29. The number of nitrogens with one attached hydrogen (secondary N) is 1. The van der Waals surface area contributed by atoms with Gasteiger partial charge in [-0.05, 0) is 67.9 Å². The van der Waals surface area contributed by atoms with E-state index in [4.69, 9.17) is 9.47 Å². The van der Waals surface area contributed by atoms with Crippen molar-refractivity contribution in [3.05, 3.63) is 48.5 Å². The molecule has 0 bridgehead atoms. The Hall–Kier alpha value is -2.42. The number of aromatic nitrogens is 1. The van der Waals surface area contributed by atoms with Crippen molar-refractivity contribution in [3.8, 4) is 22.8 Å². The molecular weight excluding hydrogens is 262 g/mol. The summed E-state index contributed by atoms with van der Waals surface area (Å²) in [6.07, 6.45) is 0. The predicted octanol–water partition coefficient (Wildman–Crippen LogP) is 4.63. The topological polar surface area (TPSA) is 34.2 Å². The highest BCUT2D eigenvalue weighted by molar-refractivity contribution is 5.87. The Bertz CT molecular complexity index is 729. The lowest BCUT2D eigenvalue weighted by atomic mass is 10.1. The van der Waals surface area contributed by atoms with Crippen molar-refractivity contribution >= 4 is 10.9 Å². The van der Waals surface area contributed by atoms with Crippen LogP contribution >= 0.6 is 0 Å². The van der Waals surface area contributed by atoms with Gasteiger partial charge in [0.05, 0.1) is 13.2 Å². The molecule has 2 aromatic carbocycles. The van der Waals surface area contributed by atoms with E-state index < -0.39 is 0 Å². The molecule has 3 aromatic rings. The van der Waals surface area contributed by atoms with Gasteiger partial charge in [0.1, 0.15) is 11.5 Å². The predicted molar refractivity (Wildman–Crippen MR) is 86.1 cm³/mol. The third-order valence-corrected chi connectivity index (χ3v) is 3.38. The Kier molecular flexibility index (Phi) is 3.82. The summed E-state index contributed by atoms with van der Waals surface area (Å²) in [6.45, 7) is 5.35. The van der Waals surface area contributed by atoms with E-state index in [1.54, 1.807) is 0 Å². The lowest BCUT2D eigenvalue weighted by Gasteiger charge is -2.03. The summed E-state index contributed by atoms with van der Waals surface area (Å²) >= 11 is 0. The second kappa shape index (κ2) is 5.92. The van der Waals surface area contributed by atoms with Gasteiger partial charge in [0.15, 0.2) is 0 Å². The van der Waals surface area contributed by atoms with E-state index in [-0.39, 0.29) is 0 Å². The quantitative estimate of drug-likeness (QED) is 0.739. The highest BCUT2D eigenvalue weighted by Crippen LogP contribution is 2.28. The summed E-state index contributed by atoms with van der Waals surface area (Å²) < 4.78 is 11.0. The fourth-order valence-electron chi connectivity index (χ4n) is 2.42. The van der Waals surface area contributed by atoms with E-state index in [9.17, 15) is 0 Å². The molecule has 3 rings (SSSR count). The first kappa shape index (κ1) is 13.6. The van der Waals surface area contributed by atoms with E-state index in [1.807, 2.05) is 32.0 Å². The van der Waals surface area contributed by atoms with Crippen LogP contribution in [-0.2, 0) is 0 Å². The van der Waals surface area contributed by atoms with Crippen molar-refractivity contribution in [2.75, 3.05) is 13.2 Å². The number of benzene rings is 2. The van der Waals surface area contributed by atoms with Crippen LogP contribution in [0.1, 0.15) is 13.8 Å². The van der Waals surface area contributed by atoms with Gasteiger partial charge in [-0.15, -0.1) is 0 Å². The third kappa shape index (κ3) is 2.87. The summed E-state index contributed by atoms with van der Waals surface area (Å²) in [5, 5.41) is 1.16. The van der Waals surface area contributed by atoms with Crippen molar-refractivity contribution in [2.24, 2.45) is 0 Å². The van der Waals surface area contributed by atoms with Gasteiger partial charge in [-0.1, -0.05) is 0 Å². The highest BCUT2D eigenvalue weighted by Gasteiger charge is 2.05. The lowest BCUT2D eigenvalue weighted by Crippen LogP contribution is -1.90. The fourth-order valence-corrected chi connectivity index (χ4v) is 2.42. The number of fused-ring (bicyclic) bond motifs is 1. The Morgan fingerprint density at radius 2 is 1.48 bits per heavy atom. The number of hydrogen-bond acceptors (Lipinski definition) is 2. The molecule has 0 atom stereocenters. The van der Waals surface area contributed by atoms with Crippen LogP contribution in [0.3, 0.4) is 0 Å².